The highest BCUT2D eigenvalue weighted by Gasteiger charge is 2.48. The average molecular weight is 402 g/mol. The maximum atomic E-state index is 12.9. The smallest absolute Gasteiger partial charge is 0.338 e. The standard InChI is InChI=1S/C20H22N2O5S/c1-5-27-20(25)15-13(12-8-6-10(2)7-9-12)14(19(24)26-4)16(21)22-17(23)11(3)28-18(15)22/h6-9,11,13H,5,21H2,1-4H3/t11-,13-/m1/s1. The second-order valence-corrected chi connectivity index (χ2v) is 7.84. The fourth-order valence-corrected chi connectivity index (χ4v) is 4.50. The van der Waals surface area contributed by atoms with Crippen molar-refractivity contribution in [2.75, 3.05) is 13.7 Å². The number of hydrogen-bond acceptors (Lipinski definition) is 7. The van der Waals surface area contributed by atoms with Crippen LogP contribution in [0.2, 0.25) is 0 Å². The van der Waals surface area contributed by atoms with Crippen molar-refractivity contribution in [1.29, 1.82) is 0 Å². The number of aryl methyl sites for hydroxylation is 1. The number of amides is 1. The Morgan fingerprint density at radius 3 is 2.39 bits per heavy atom. The molecule has 0 bridgehead atoms. The van der Waals surface area contributed by atoms with Crippen LogP contribution in [0.4, 0.5) is 0 Å². The van der Waals surface area contributed by atoms with E-state index in [9.17, 15) is 14.4 Å². The number of thioether (sulfide) groups is 1. The lowest BCUT2D eigenvalue weighted by Crippen LogP contribution is -2.40. The van der Waals surface area contributed by atoms with E-state index in [0.29, 0.717) is 10.6 Å². The van der Waals surface area contributed by atoms with E-state index in [1.54, 1.807) is 13.8 Å². The Bertz CT molecular complexity index is 904. The van der Waals surface area contributed by atoms with Gasteiger partial charge >= 0.3 is 11.9 Å². The first kappa shape index (κ1) is 20.0. The van der Waals surface area contributed by atoms with Crippen LogP contribution in [-0.2, 0) is 23.9 Å². The van der Waals surface area contributed by atoms with Gasteiger partial charge in [-0.1, -0.05) is 41.6 Å². The monoisotopic (exact) mass is 402 g/mol. The quantitative estimate of drug-likeness (QED) is 0.771. The Hall–Kier alpha value is -2.74. The van der Waals surface area contributed by atoms with Crippen LogP contribution in [0.3, 0.4) is 0 Å². The van der Waals surface area contributed by atoms with E-state index in [1.807, 2.05) is 31.2 Å². The Labute approximate surface area is 167 Å². The Morgan fingerprint density at radius 1 is 1.18 bits per heavy atom. The zero-order valence-corrected chi connectivity index (χ0v) is 17.0. The minimum Gasteiger partial charge on any atom is -0.466 e. The highest BCUT2D eigenvalue weighted by Crippen LogP contribution is 2.49. The van der Waals surface area contributed by atoms with Crippen molar-refractivity contribution < 1.29 is 23.9 Å². The number of benzene rings is 1. The number of carbonyl (C=O) groups excluding carboxylic acids is 3. The maximum absolute atomic E-state index is 12.9. The van der Waals surface area contributed by atoms with E-state index in [0.717, 1.165) is 5.56 Å². The first-order chi connectivity index (χ1) is 13.3. The Kier molecular flexibility index (Phi) is 5.51. The van der Waals surface area contributed by atoms with Crippen LogP contribution in [0.1, 0.15) is 30.9 Å². The first-order valence-electron chi connectivity index (χ1n) is 8.88. The molecular formula is C20H22N2O5S. The van der Waals surface area contributed by atoms with Crippen molar-refractivity contribution in [3.63, 3.8) is 0 Å². The molecule has 1 saturated heterocycles. The lowest BCUT2D eigenvalue weighted by molar-refractivity contribution is -0.139. The molecule has 7 nitrogen and oxygen atoms in total. The van der Waals surface area contributed by atoms with Crippen molar-refractivity contribution in [1.82, 2.24) is 4.90 Å². The molecule has 2 N–H and O–H groups in total. The zero-order valence-electron chi connectivity index (χ0n) is 16.1. The van der Waals surface area contributed by atoms with Gasteiger partial charge in [-0.25, -0.2) is 9.59 Å². The number of nitrogens with zero attached hydrogens (tertiary/aromatic N) is 1. The molecule has 0 unspecified atom stereocenters. The van der Waals surface area contributed by atoms with Crippen molar-refractivity contribution in [2.45, 2.75) is 31.9 Å². The van der Waals surface area contributed by atoms with Gasteiger partial charge in [-0.05, 0) is 26.3 Å². The van der Waals surface area contributed by atoms with Gasteiger partial charge in [0.25, 0.3) is 0 Å². The van der Waals surface area contributed by atoms with Crippen molar-refractivity contribution in [3.8, 4) is 0 Å². The average Bonchev–Trinajstić information content (AvgIpc) is 2.96. The van der Waals surface area contributed by atoms with Crippen LogP contribution >= 0.6 is 11.8 Å². The predicted octanol–water partition coefficient (Wildman–Crippen LogP) is 2.17. The van der Waals surface area contributed by atoms with Crippen LogP contribution in [0.5, 0.6) is 0 Å². The van der Waals surface area contributed by atoms with E-state index in [2.05, 4.69) is 0 Å². The summed E-state index contributed by atoms with van der Waals surface area (Å²) in [6, 6.07) is 7.43. The summed E-state index contributed by atoms with van der Waals surface area (Å²) in [4.78, 5) is 39.5. The maximum Gasteiger partial charge on any atom is 0.338 e. The molecule has 0 saturated carbocycles. The van der Waals surface area contributed by atoms with Crippen LogP contribution in [0.15, 0.2) is 46.3 Å². The highest BCUT2D eigenvalue weighted by atomic mass is 32.2. The summed E-state index contributed by atoms with van der Waals surface area (Å²) in [6.07, 6.45) is 0. The van der Waals surface area contributed by atoms with Crippen LogP contribution in [-0.4, -0.2) is 41.7 Å². The van der Waals surface area contributed by atoms with E-state index >= 15 is 0 Å². The van der Waals surface area contributed by atoms with Gasteiger partial charge < -0.3 is 15.2 Å². The molecule has 2 aliphatic heterocycles. The summed E-state index contributed by atoms with van der Waals surface area (Å²) in [7, 11) is 1.24. The zero-order chi connectivity index (χ0) is 20.6. The normalized spacial score (nSPS) is 21.7. The number of hydrogen-bond donors (Lipinski definition) is 1. The number of ether oxygens (including phenoxy) is 2. The number of nitrogens with two attached hydrogens (primary N) is 1. The lowest BCUT2D eigenvalue weighted by atomic mass is 9.82. The molecule has 1 aromatic rings. The molecule has 0 aromatic heterocycles. The minimum atomic E-state index is -0.788. The van der Waals surface area contributed by atoms with Crippen LogP contribution < -0.4 is 5.73 Å². The van der Waals surface area contributed by atoms with Gasteiger partial charge in [0.2, 0.25) is 5.91 Å². The summed E-state index contributed by atoms with van der Waals surface area (Å²) in [5, 5.41) is -0.0275. The third-order valence-electron chi connectivity index (χ3n) is 4.70. The second kappa shape index (κ2) is 7.71. The number of rotatable bonds is 4. The molecule has 2 aliphatic rings. The van der Waals surface area contributed by atoms with E-state index in [4.69, 9.17) is 15.2 Å². The molecule has 1 aromatic carbocycles. The number of fused-ring (bicyclic) bond motifs is 1. The molecule has 148 valence electrons. The molecule has 2 atom stereocenters. The number of esters is 2. The van der Waals surface area contributed by atoms with Gasteiger partial charge in [-0.15, -0.1) is 0 Å². The van der Waals surface area contributed by atoms with E-state index in [-0.39, 0.29) is 29.5 Å². The van der Waals surface area contributed by atoms with Crippen LogP contribution in [0, 0.1) is 6.92 Å². The molecule has 28 heavy (non-hydrogen) atoms. The van der Waals surface area contributed by atoms with Crippen molar-refractivity contribution in [2.24, 2.45) is 5.73 Å². The molecule has 1 fully saturated rings. The molecule has 8 heteroatoms. The molecule has 0 aliphatic carbocycles. The van der Waals surface area contributed by atoms with Crippen LogP contribution in [0.25, 0.3) is 0 Å². The molecule has 1 amide bonds. The van der Waals surface area contributed by atoms with Gasteiger partial charge in [-0.3, -0.25) is 9.69 Å². The number of carbonyl (C=O) groups is 3. The van der Waals surface area contributed by atoms with Crippen molar-refractivity contribution >= 4 is 29.6 Å². The van der Waals surface area contributed by atoms with Gasteiger partial charge in [0, 0.05) is 0 Å². The van der Waals surface area contributed by atoms with E-state index < -0.39 is 23.1 Å². The lowest BCUT2D eigenvalue weighted by Gasteiger charge is -2.33. The predicted molar refractivity (Wildman–Crippen MR) is 105 cm³/mol. The van der Waals surface area contributed by atoms with Crippen molar-refractivity contribution in [3.05, 3.63) is 57.4 Å². The Balaban J connectivity index is 2.30. The summed E-state index contributed by atoms with van der Waals surface area (Å²) in [5.41, 5.74) is 8.27. The van der Waals surface area contributed by atoms with Gasteiger partial charge in [0.15, 0.2) is 0 Å². The Morgan fingerprint density at radius 2 is 1.82 bits per heavy atom. The largest absolute Gasteiger partial charge is 0.466 e. The third kappa shape index (κ3) is 3.17. The second-order valence-electron chi connectivity index (χ2n) is 6.51. The fourth-order valence-electron chi connectivity index (χ4n) is 3.34. The molecular weight excluding hydrogens is 380 g/mol. The topological polar surface area (TPSA) is 98.9 Å². The molecule has 3 rings (SSSR count). The van der Waals surface area contributed by atoms with Gasteiger partial charge in [0.1, 0.15) is 5.82 Å². The van der Waals surface area contributed by atoms with Gasteiger partial charge in [-0.2, -0.15) is 0 Å². The summed E-state index contributed by atoms with van der Waals surface area (Å²) in [6.45, 7) is 5.53. The van der Waals surface area contributed by atoms with E-state index in [1.165, 1.54) is 23.8 Å². The molecule has 0 radical (unpaired) electrons. The summed E-state index contributed by atoms with van der Waals surface area (Å²) >= 11 is 1.24. The minimum absolute atomic E-state index is 0.0117. The first-order valence-corrected chi connectivity index (χ1v) is 9.76. The molecule has 0 spiro atoms. The molecule has 2 heterocycles. The van der Waals surface area contributed by atoms with Gasteiger partial charge in [0.05, 0.1) is 41.1 Å². The summed E-state index contributed by atoms with van der Waals surface area (Å²) in [5.74, 6) is -2.37. The fraction of sp³-hybridized carbons (Fsp3) is 0.350. The number of methoxy groups -OCH3 is 1. The SMILES string of the molecule is CCOC(=O)C1=C2S[C@H](C)C(=O)N2C(N)=C(C(=O)OC)[C@H]1c1ccc(C)cc1. The highest BCUT2D eigenvalue weighted by molar-refractivity contribution is 8.04. The third-order valence-corrected chi connectivity index (χ3v) is 5.88. The summed E-state index contributed by atoms with van der Waals surface area (Å²) < 4.78 is 10.2.